The summed E-state index contributed by atoms with van der Waals surface area (Å²) >= 11 is 3.09. The standard InChI is InChI=1S/C25H26N6OS2/c1-19(32)30(21-10-4-2-5-11-21)24-26-20(17-33-24)18-34-25-28-27-23(16-29-14-8-9-15-29)31(25)22-12-6-3-7-13-22/h2-7,10-13,17H,8-9,14-16,18H2,1H3. The van der Waals surface area contributed by atoms with Crippen molar-refractivity contribution >= 4 is 39.8 Å². The van der Waals surface area contributed by atoms with E-state index in [0.717, 1.165) is 47.7 Å². The Morgan fingerprint density at radius 2 is 1.74 bits per heavy atom. The van der Waals surface area contributed by atoms with E-state index in [2.05, 4.69) is 31.8 Å². The van der Waals surface area contributed by atoms with Gasteiger partial charge in [0.25, 0.3) is 0 Å². The number of hydrogen-bond donors (Lipinski definition) is 0. The minimum atomic E-state index is -0.0601. The number of carbonyl (C=O) groups excluding carboxylic acids is 1. The zero-order valence-electron chi connectivity index (χ0n) is 19.0. The summed E-state index contributed by atoms with van der Waals surface area (Å²) in [7, 11) is 0. The third kappa shape index (κ3) is 5.06. The summed E-state index contributed by atoms with van der Waals surface area (Å²) < 4.78 is 2.15. The lowest BCUT2D eigenvalue weighted by Gasteiger charge is -2.17. The summed E-state index contributed by atoms with van der Waals surface area (Å²) in [5, 5.41) is 12.6. The molecular formula is C25H26N6OS2. The molecule has 0 atom stereocenters. The highest BCUT2D eigenvalue weighted by Gasteiger charge is 2.21. The van der Waals surface area contributed by atoms with Crippen molar-refractivity contribution < 1.29 is 4.79 Å². The van der Waals surface area contributed by atoms with Crippen LogP contribution in [0, 0.1) is 0 Å². The SMILES string of the molecule is CC(=O)N(c1ccccc1)c1nc(CSc2nnc(CN3CCCC3)n2-c2ccccc2)cs1. The Hall–Kier alpha value is -3.01. The Morgan fingerprint density at radius 3 is 2.44 bits per heavy atom. The fourth-order valence-corrected chi connectivity index (χ4v) is 5.94. The molecule has 2 aromatic carbocycles. The van der Waals surface area contributed by atoms with Crippen LogP contribution < -0.4 is 4.90 Å². The maximum absolute atomic E-state index is 12.3. The summed E-state index contributed by atoms with van der Waals surface area (Å²) in [6.07, 6.45) is 2.49. The van der Waals surface area contributed by atoms with Crippen LogP contribution in [-0.4, -0.2) is 43.6 Å². The van der Waals surface area contributed by atoms with Gasteiger partial charge in [-0.2, -0.15) is 0 Å². The molecule has 3 heterocycles. The second-order valence-electron chi connectivity index (χ2n) is 8.15. The summed E-state index contributed by atoms with van der Waals surface area (Å²) in [5.74, 6) is 1.54. The van der Waals surface area contributed by atoms with Crippen molar-refractivity contribution in [1.82, 2.24) is 24.6 Å². The number of benzene rings is 2. The Morgan fingerprint density at radius 1 is 1.03 bits per heavy atom. The summed E-state index contributed by atoms with van der Waals surface area (Å²) in [5.41, 5.74) is 2.80. The van der Waals surface area contributed by atoms with Crippen LogP contribution in [0.3, 0.4) is 0 Å². The van der Waals surface area contributed by atoms with Gasteiger partial charge in [-0.1, -0.05) is 48.2 Å². The van der Waals surface area contributed by atoms with Crippen molar-refractivity contribution in [2.45, 2.75) is 37.2 Å². The zero-order valence-corrected chi connectivity index (χ0v) is 20.6. The van der Waals surface area contributed by atoms with Crippen molar-refractivity contribution in [1.29, 1.82) is 0 Å². The first-order valence-electron chi connectivity index (χ1n) is 11.3. The molecule has 34 heavy (non-hydrogen) atoms. The van der Waals surface area contributed by atoms with Gasteiger partial charge < -0.3 is 0 Å². The molecule has 0 bridgehead atoms. The van der Waals surface area contributed by atoms with Crippen molar-refractivity contribution in [2.24, 2.45) is 0 Å². The molecule has 0 aliphatic carbocycles. The van der Waals surface area contributed by atoms with Gasteiger partial charge in [0.05, 0.1) is 17.9 Å². The van der Waals surface area contributed by atoms with Gasteiger partial charge in [-0.3, -0.25) is 19.2 Å². The van der Waals surface area contributed by atoms with Gasteiger partial charge in [0.15, 0.2) is 16.1 Å². The summed E-state index contributed by atoms with van der Waals surface area (Å²) in [4.78, 5) is 21.2. The minimum Gasteiger partial charge on any atom is -0.296 e. The molecule has 4 aromatic rings. The first-order chi connectivity index (χ1) is 16.7. The largest absolute Gasteiger partial charge is 0.296 e. The maximum Gasteiger partial charge on any atom is 0.230 e. The lowest BCUT2D eigenvalue weighted by Crippen LogP contribution is -2.22. The molecule has 0 N–H and O–H groups in total. The predicted molar refractivity (Wildman–Crippen MR) is 137 cm³/mol. The van der Waals surface area contributed by atoms with Crippen molar-refractivity contribution in [3.8, 4) is 5.69 Å². The van der Waals surface area contributed by atoms with E-state index in [1.807, 2.05) is 53.9 Å². The van der Waals surface area contributed by atoms with Crippen molar-refractivity contribution in [3.05, 3.63) is 77.6 Å². The number of hydrogen-bond acceptors (Lipinski definition) is 7. The zero-order chi connectivity index (χ0) is 23.3. The summed E-state index contributed by atoms with van der Waals surface area (Å²) in [6.45, 7) is 4.58. The van der Waals surface area contributed by atoms with Gasteiger partial charge in [0.1, 0.15) is 0 Å². The van der Waals surface area contributed by atoms with E-state index >= 15 is 0 Å². The number of amides is 1. The fourth-order valence-electron chi connectivity index (χ4n) is 4.08. The van der Waals surface area contributed by atoms with Crippen molar-refractivity contribution in [3.63, 3.8) is 0 Å². The minimum absolute atomic E-state index is 0.0601. The molecule has 174 valence electrons. The molecular weight excluding hydrogens is 464 g/mol. The van der Waals surface area contributed by atoms with Crippen LogP contribution in [0.1, 0.15) is 31.3 Å². The molecule has 2 aromatic heterocycles. The average Bonchev–Trinajstić information content (AvgIpc) is 3.61. The lowest BCUT2D eigenvalue weighted by molar-refractivity contribution is -0.115. The van der Waals surface area contributed by atoms with Crippen molar-refractivity contribution in [2.75, 3.05) is 18.0 Å². The number of thioether (sulfide) groups is 1. The molecule has 0 spiro atoms. The number of anilines is 2. The molecule has 1 aliphatic rings. The second-order valence-corrected chi connectivity index (χ2v) is 9.93. The topological polar surface area (TPSA) is 67.2 Å². The van der Waals surface area contributed by atoms with Gasteiger partial charge in [-0.25, -0.2) is 4.98 Å². The van der Waals surface area contributed by atoms with E-state index < -0.39 is 0 Å². The van der Waals surface area contributed by atoms with Gasteiger partial charge in [0, 0.05) is 23.7 Å². The molecule has 0 unspecified atom stereocenters. The van der Waals surface area contributed by atoms with Crippen LogP contribution in [-0.2, 0) is 17.1 Å². The van der Waals surface area contributed by atoms with Crippen LogP contribution >= 0.6 is 23.1 Å². The quantitative estimate of drug-likeness (QED) is 0.312. The second kappa shape index (κ2) is 10.5. The first-order valence-corrected chi connectivity index (χ1v) is 13.2. The third-order valence-electron chi connectivity index (χ3n) is 5.69. The van der Waals surface area contributed by atoms with Crippen LogP contribution in [0.25, 0.3) is 5.69 Å². The van der Waals surface area contributed by atoms with Gasteiger partial charge in [0.2, 0.25) is 5.91 Å². The number of nitrogens with zero attached hydrogens (tertiary/aromatic N) is 6. The molecule has 1 saturated heterocycles. The van der Waals surface area contributed by atoms with E-state index in [4.69, 9.17) is 4.98 Å². The summed E-state index contributed by atoms with van der Waals surface area (Å²) in [6, 6.07) is 19.9. The van der Waals surface area contributed by atoms with Gasteiger partial charge >= 0.3 is 0 Å². The molecule has 9 heteroatoms. The van der Waals surface area contributed by atoms with E-state index in [1.54, 1.807) is 23.6 Å². The van der Waals surface area contributed by atoms with Crippen LogP contribution in [0.4, 0.5) is 10.8 Å². The molecule has 0 saturated carbocycles. The maximum atomic E-state index is 12.3. The highest BCUT2D eigenvalue weighted by atomic mass is 32.2. The number of para-hydroxylation sites is 2. The van der Waals surface area contributed by atoms with E-state index in [0.29, 0.717) is 10.9 Å². The fraction of sp³-hybridized carbons (Fsp3) is 0.280. The lowest BCUT2D eigenvalue weighted by atomic mass is 10.3. The Bertz CT molecular complexity index is 1230. The molecule has 1 aliphatic heterocycles. The normalized spacial score (nSPS) is 13.9. The van der Waals surface area contributed by atoms with Gasteiger partial charge in [-0.15, -0.1) is 21.5 Å². The number of aromatic nitrogens is 4. The number of likely N-dealkylation sites (tertiary alicyclic amines) is 1. The Kier molecular flexibility index (Phi) is 7.03. The van der Waals surface area contributed by atoms with E-state index in [-0.39, 0.29) is 5.91 Å². The van der Waals surface area contributed by atoms with Crippen LogP contribution in [0.2, 0.25) is 0 Å². The Labute approximate surface area is 207 Å². The predicted octanol–water partition coefficient (Wildman–Crippen LogP) is 5.30. The molecule has 1 fully saturated rings. The van der Waals surface area contributed by atoms with Crippen LogP contribution in [0.5, 0.6) is 0 Å². The average molecular weight is 491 g/mol. The highest BCUT2D eigenvalue weighted by molar-refractivity contribution is 7.98. The van der Waals surface area contributed by atoms with Crippen LogP contribution in [0.15, 0.2) is 71.2 Å². The number of carbonyl (C=O) groups is 1. The Balaban J connectivity index is 1.36. The molecule has 7 nitrogen and oxygen atoms in total. The third-order valence-corrected chi connectivity index (χ3v) is 7.52. The number of thiazole rings is 1. The van der Waals surface area contributed by atoms with E-state index in [1.165, 1.54) is 24.2 Å². The monoisotopic (exact) mass is 490 g/mol. The van der Waals surface area contributed by atoms with E-state index in [9.17, 15) is 4.79 Å². The molecule has 0 radical (unpaired) electrons. The molecule has 1 amide bonds. The highest BCUT2D eigenvalue weighted by Crippen LogP contribution is 2.32. The smallest absolute Gasteiger partial charge is 0.230 e. The van der Waals surface area contributed by atoms with Gasteiger partial charge in [-0.05, 0) is 50.2 Å². The first kappa shape index (κ1) is 22.8. The number of rotatable bonds is 8. The molecule has 5 rings (SSSR count).